The van der Waals surface area contributed by atoms with Gasteiger partial charge in [0.15, 0.2) is 0 Å². The molecule has 106 valence electrons. The van der Waals surface area contributed by atoms with Crippen molar-refractivity contribution < 1.29 is 9.13 Å². The van der Waals surface area contributed by atoms with Crippen LogP contribution in [0.4, 0.5) is 10.1 Å². The van der Waals surface area contributed by atoms with E-state index < -0.39 is 5.82 Å². The summed E-state index contributed by atoms with van der Waals surface area (Å²) in [7, 11) is 1.61. The third kappa shape index (κ3) is 4.51. The average molecular weight is 303 g/mol. The number of nitrogens with one attached hydrogen (secondary N) is 1. The zero-order valence-corrected chi connectivity index (χ0v) is 12.0. The Morgan fingerprint density at radius 2 is 2.00 bits per heavy atom. The molecule has 0 saturated carbocycles. The summed E-state index contributed by atoms with van der Waals surface area (Å²) in [5.74, 6) is 6.02. The van der Waals surface area contributed by atoms with Crippen LogP contribution in [0.2, 0.25) is 5.02 Å². The molecule has 0 saturated heterocycles. The van der Waals surface area contributed by atoms with E-state index in [-0.39, 0.29) is 5.02 Å². The Morgan fingerprint density at radius 3 is 2.67 bits per heavy atom. The number of hydrazone groups is 1. The van der Waals surface area contributed by atoms with Gasteiger partial charge < -0.3 is 4.74 Å². The van der Waals surface area contributed by atoms with Gasteiger partial charge in [0.25, 0.3) is 0 Å². The fourth-order valence-corrected chi connectivity index (χ4v) is 1.68. The van der Waals surface area contributed by atoms with Gasteiger partial charge in [-0.1, -0.05) is 17.5 Å². The highest BCUT2D eigenvalue weighted by Gasteiger charge is 1.98. The molecule has 0 bridgehead atoms. The van der Waals surface area contributed by atoms with Crippen LogP contribution in [0.3, 0.4) is 0 Å². The molecule has 2 rings (SSSR count). The fourth-order valence-electron chi connectivity index (χ4n) is 1.49. The first-order valence-corrected chi connectivity index (χ1v) is 6.45. The molecule has 0 aromatic heterocycles. The summed E-state index contributed by atoms with van der Waals surface area (Å²) >= 11 is 5.65. The molecule has 0 spiro atoms. The predicted molar refractivity (Wildman–Crippen MR) is 83.4 cm³/mol. The van der Waals surface area contributed by atoms with Crippen LogP contribution in [0.15, 0.2) is 47.6 Å². The summed E-state index contributed by atoms with van der Waals surface area (Å²) in [4.78, 5) is 0. The summed E-state index contributed by atoms with van der Waals surface area (Å²) in [5.41, 5.74) is 4.15. The van der Waals surface area contributed by atoms with Gasteiger partial charge in [0.2, 0.25) is 0 Å². The van der Waals surface area contributed by atoms with E-state index in [1.54, 1.807) is 7.11 Å². The number of benzene rings is 2. The number of halogens is 2. The Balaban J connectivity index is 1.93. The van der Waals surface area contributed by atoms with E-state index in [0.29, 0.717) is 5.69 Å². The van der Waals surface area contributed by atoms with Crippen LogP contribution in [0.25, 0.3) is 0 Å². The second-order valence-electron chi connectivity index (χ2n) is 4.00. The second-order valence-corrected chi connectivity index (χ2v) is 4.40. The monoisotopic (exact) mass is 302 g/mol. The highest BCUT2D eigenvalue weighted by Crippen LogP contribution is 2.19. The smallest absolute Gasteiger partial charge is 0.141 e. The maximum absolute atomic E-state index is 13.0. The molecule has 21 heavy (non-hydrogen) atoms. The number of nitrogens with zero attached hydrogens (tertiary/aromatic N) is 1. The van der Waals surface area contributed by atoms with Crippen molar-refractivity contribution in [1.82, 2.24) is 0 Å². The first kappa shape index (κ1) is 14.9. The van der Waals surface area contributed by atoms with E-state index in [9.17, 15) is 4.39 Å². The summed E-state index contributed by atoms with van der Waals surface area (Å²) < 4.78 is 18.0. The molecule has 5 heteroatoms. The highest BCUT2D eigenvalue weighted by molar-refractivity contribution is 6.31. The Morgan fingerprint density at radius 1 is 1.24 bits per heavy atom. The van der Waals surface area contributed by atoms with Crippen LogP contribution >= 0.6 is 11.6 Å². The lowest BCUT2D eigenvalue weighted by Gasteiger charge is -2.00. The third-order valence-electron chi connectivity index (χ3n) is 2.55. The SMILES string of the molecule is COc1ccc(C#C/C=N\Nc2ccc(F)c(Cl)c2)cc1. The van der Waals surface area contributed by atoms with Crippen LogP contribution in [-0.4, -0.2) is 13.3 Å². The van der Waals surface area contributed by atoms with Crippen molar-refractivity contribution in [2.75, 3.05) is 12.5 Å². The number of ether oxygens (including phenoxy) is 1. The zero-order chi connectivity index (χ0) is 15.1. The van der Waals surface area contributed by atoms with Crippen LogP contribution in [0, 0.1) is 17.7 Å². The van der Waals surface area contributed by atoms with Gasteiger partial charge in [-0.15, -0.1) is 0 Å². The van der Waals surface area contributed by atoms with Crippen molar-refractivity contribution in [3.63, 3.8) is 0 Å². The molecule has 0 heterocycles. The number of hydrogen-bond donors (Lipinski definition) is 1. The summed E-state index contributed by atoms with van der Waals surface area (Å²) in [6.45, 7) is 0. The standard InChI is InChI=1S/C16H12ClFN2O/c1-21-14-7-4-12(5-8-14)3-2-10-19-20-13-6-9-16(18)15(17)11-13/h4-11,20H,1H3/b19-10-. The molecule has 0 atom stereocenters. The van der Waals surface area contributed by atoms with Gasteiger partial charge in [0, 0.05) is 5.56 Å². The molecule has 0 fully saturated rings. The molecule has 0 aliphatic rings. The van der Waals surface area contributed by atoms with Crippen molar-refractivity contribution in [2.45, 2.75) is 0 Å². The first-order chi connectivity index (χ1) is 10.2. The van der Waals surface area contributed by atoms with Crippen molar-refractivity contribution in [3.8, 4) is 17.6 Å². The molecule has 0 aliphatic carbocycles. The van der Waals surface area contributed by atoms with Gasteiger partial charge in [-0.25, -0.2) is 4.39 Å². The lowest BCUT2D eigenvalue weighted by molar-refractivity contribution is 0.415. The number of rotatable bonds is 3. The van der Waals surface area contributed by atoms with Gasteiger partial charge in [0.05, 0.1) is 24.0 Å². The molecule has 2 aromatic carbocycles. The lowest BCUT2D eigenvalue weighted by atomic mass is 10.2. The van der Waals surface area contributed by atoms with Crippen LogP contribution in [-0.2, 0) is 0 Å². The Bertz CT molecular complexity index is 702. The third-order valence-corrected chi connectivity index (χ3v) is 2.84. The number of methoxy groups -OCH3 is 1. The zero-order valence-electron chi connectivity index (χ0n) is 11.2. The molecular formula is C16H12ClFN2O. The maximum Gasteiger partial charge on any atom is 0.141 e. The minimum Gasteiger partial charge on any atom is -0.497 e. The molecular weight excluding hydrogens is 291 g/mol. The Kier molecular flexibility index (Phi) is 5.19. The summed E-state index contributed by atoms with van der Waals surface area (Å²) in [5, 5.41) is 3.95. The highest BCUT2D eigenvalue weighted by atomic mass is 35.5. The van der Waals surface area contributed by atoms with E-state index in [0.717, 1.165) is 11.3 Å². The van der Waals surface area contributed by atoms with E-state index in [1.807, 2.05) is 24.3 Å². The number of hydrogen-bond acceptors (Lipinski definition) is 3. The summed E-state index contributed by atoms with van der Waals surface area (Å²) in [6.07, 6.45) is 1.42. The molecule has 0 unspecified atom stereocenters. The molecule has 0 amide bonds. The maximum atomic E-state index is 13.0. The normalized spacial score (nSPS) is 10.0. The van der Waals surface area contributed by atoms with E-state index in [4.69, 9.17) is 16.3 Å². The van der Waals surface area contributed by atoms with E-state index in [1.165, 1.54) is 24.4 Å². The van der Waals surface area contributed by atoms with Gasteiger partial charge in [-0.3, -0.25) is 5.43 Å². The Labute approximate surface area is 127 Å². The lowest BCUT2D eigenvalue weighted by Crippen LogP contribution is -1.89. The van der Waals surface area contributed by atoms with Gasteiger partial charge in [-0.05, 0) is 48.4 Å². The van der Waals surface area contributed by atoms with Crippen molar-refractivity contribution in [2.24, 2.45) is 5.10 Å². The molecule has 2 aromatic rings. The first-order valence-electron chi connectivity index (χ1n) is 6.07. The van der Waals surface area contributed by atoms with Crippen molar-refractivity contribution in [1.29, 1.82) is 0 Å². The second kappa shape index (κ2) is 7.32. The molecule has 0 aliphatic heterocycles. The molecule has 0 radical (unpaired) electrons. The fraction of sp³-hybridized carbons (Fsp3) is 0.0625. The van der Waals surface area contributed by atoms with Gasteiger partial charge in [-0.2, -0.15) is 5.10 Å². The van der Waals surface area contributed by atoms with Gasteiger partial charge >= 0.3 is 0 Å². The minimum atomic E-state index is -0.467. The van der Waals surface area contributed by atoms with Crippen molar-refractivity contribution in [3.05, 3.63) is 58.9 Å². The molecule has 3 nitrogen and oxygen atoms in total. The van der Waals surface area contributed by atoms with Crippen LogP contribution in [0.1, 0.15) is 5.56 Å². The molecule has 1 N–H and O–H groups in total. The van der Waals surface area contributed by atoms with Crippen LogP contribution < -0.4 is 10.2 Å². The van der Waals surface area contributed by atoms with E-state index in [2.05, 4.69) is 22.4 Å². The largest absolute Gasteiger partial charge is 0.497 e. The van der Waals surface area contributed by atoms with Crippen molar-refractivity contribution >= 4 is 23.5 Å². The number of anilines is 1. The van der Waals surface area contributed by atoms with Gasteiger partial charge in [0.1, 0.15) is 11.6 Å². The predicted octanol–water partition coefficient (Wildman–Crippen LogP) is 3.94. The van der Waals surface area contributed by atoms with Crippen LogP contribution in [0.5, 0.6) is 5.75 Å². The van der Waals surface area contributed by atoms with E-state index >= 15 is 0 Å². The Hall–Kier alpha value is -2.51. The topological polar surface area (TPSA) is 33.6 Å². The average Bonchev–Trinajstić information content (AvgIpc) is 2.51. The quantitative estimate of drug-likeness (QED) is 0.529. The summed E-state index contributed by atoms with van der Waals surface area (Å²) in [6, 6.07) is 11.6. The minimum absolute atomic E-state index is 0.0412.